The fraction of sp³-hybridized carbons (Fsp3) is 0.438. The first kappa shape index (κ1) is 15.6. The van der Waals surface area contributed by atoms with Crippen LogP contribution in [0.3, 0.4) is 0 Å². The Morgan fingerprint density at radius 3 is 3.05 bits per heavy atom. The van der Waals surface area contributed by atoms with Crippen molar-refractivity contribution in [3.05, 3.63) is 45.0 Å². The molecular formula is C16H18ClNO3S. The van der Waals surface area contributed by atoms with Crippen molar-refractivity contribution in [3.8, 4) is 0 Å². The highest BCUT2D eigenvalue weighted by molar-refractivity contribution is 7.16. The average Bonchev–Trinajstić information content (AvgIpc) is 3.19. The number of ether oxygens (including phenoxy) is 1. The number of amides is 1. The van der Waals surface area contributed by atoms with Crippen molar-refractivity contribution in [3.63, 3.8) is 0 Å². The smallest absolute Gasteiger partial charge is 0.228 e. The molecule has 1 aliphatic rings. The van der Waals surface area contributed by atoms with E-state index < -0.39 is 0 Å². The first-order valence-corrected chi connectivity index (χ1v) is 8.48. The molecule has 0 bridgehead atoms. The maximum Gasteiger partial charge on any atom is 0.228 e. The van der Waals surface area contributed by atoms with Crippen LogP contribution in [0.25, 0.3) is 0 Å². The second kappa shape index (κ2) is 6.86. The van der Waals surface area contributed by atoms with Crippen LogP contribution in [-0.2, 0) is 22.6 Å². The van der Waals surface area contributed by atoms with E-state index in [0.29, 0.717) is 13.0 Å². The summed E-state index contributed by atoms with van der Waals surface area (Å²) in [5.41, 5.74) is 0. The Labute approximate surface area is 138 Å². The molecular weight excluding hydrogens is 322 g/mol. The van der Waals surface area contributed by atoms with Gasteiger partial charge in [-0.3, -0.25) is 4.79 Å². The topological polar surface area (TPSA) is 42.7 Å². The predicted octanol–water partition coefficient (Wildman–Crippen LogP) is 4.05. The summed E-state index contributed by atoms with van der Waals surface area (Å²) >= 11 is 7.39. The fourth-order valence-corrected chi connectivity index (χ4v) is 3.93. The van der Waals surface area contributed by atoms with Crippen molar-refractivity contribution >= 4 is 28.8 Å². The lowest BCUT2D eigenvalue weighted by Crippen LogP contribution is -2.31. The Balaban J connectivity index is 1.70. The highest BCUT2D eigenvalue weighted by Gasteiger charge is 2.32. The van der Waals surface area contributed by atoms with Crippen LogP contribution in [0.4, 0.5) is 0 Å². The lowest BCUT2D eigenvalue weighted by Gasteiger charge is -2.23. The minimum Gasteiger partial charge on any atom is -0.461 e. The van der Waals surface area contributed by atoms with E-state index in [4.69, 9.17) is 20.8 Å². The van der Waals surface area contributed by atoms with Gasteiger partial charge in [-0.25, -0.2) is 0 Å². The second-order valence-corrected chi connectivity index (χ2v) is 7.16. The minimum absolute atomic E-state index is 0.0357. The van der Waals surface area contributed by atoms with Crippen LogP contribution in [-0.4, -0.2) is 24.5 Å². The summed E-state index contributed by atoms with van der Waals surface area (Å²) in [5, 5.41) is 0. The molecule has 0 radical (unpaired) electrons. The number of carbonyl (C=O) groups excluding carboxylic acids is 1. The van der Waals surface area contributed by atoms with Crippen molar-refractivity contribution in [2.24, 2.45) is 0 Å². The van der Waals surface area contributed by atoms with Crippen molar-refractivity contribution in [1.29, 1.82) is 0 Å². The third kappa shape index (κ3) is 3.37. The van der Waals surface area contributed by atoms with Gasteiger partial charge in [0.05, 0.1) is 16.8 Å². The molecule has 0 spiro atoms. The van der Waals surface area contributed by atoms with E-state index in [9.17, 15) is 4.79 Å². The molecule has 6 heteroatoms. The molecule has 1 saturated heterocycles. The molecule has 1 amide bonds. The number of halogens is 1. The van der Waals surface area contributed by atoms with Gasteiger partial charge in [0, 0.05) is 18.5 Å². The summed E-state index contributed by atoms with van der Waals surface area (Å²) in [7, 11) is 1.64. The van der Waals surface area contributed by atoms with Crippen LogP contribution in [0.15, 0.2) is 28.7 Å². The second-order valence-electron chi connectivity index (χ2n) is 5.36. The Morgan fingerprint density at radius 1 is 1.45 bits per heavy atom. The first-order valence-electron chi connectivity index (χ1n) is 7.28. The van der Waals surface area contributed by atoms with Gasteiger partial charge in [0.1, 0.15) is 18.1 Å². The van der Waals surface area contributed by atoms with Gasteiger partial charge in [-0.05, 0) is 37.1 Å². The number of hydrogen-bond donors (Lipinski definition) is 0. The third-order valence-electron chi connectivity index (χ3n) is 3.82. The standard InChI is InChI=1S/C16H18ClNO3S/c1-20-10-11-4-6-14(21-11)13-3-2-8-18(13)16(19)9-12-5-7-15(17)22-12/h4-7,13H,2-3,8-10H2,1H3/t13-/m1/s1. The van der Waals surface area contributed by atoms with E-state index in [1.165, 1.54) is 11.3 Å². The molecule has 118 valence electrons. The molecule has 4 nitrogen and oxygen atoms in total. The first-order chi connectivity index (χ1) is 10.7. The minimum atomic E-state index is 0.0357. The molecule has 22 heavy (non-hydrogen) atoms. The maximum absolute atomic E-state index is 12.6. The highest BCUT2D eigenvalue weighted by atomic mass is 35.5. The number of carbonyl (C=O) groups is 1. The number of likely N-dealkylation sites (tertiary alicyclic amines) is 1. The van der Waals surface area contributed by atoms with Crippen molar-refractivity contribution in [1.82, 2.24) is 4.90 Å². The lowest BCUT2D eigenvalue weighted by molar-refractivity contribution is -0.131. The van der Waals surface area contributed by atoms with E-state index in [0.717, 1.165) is 40.1 Å². The SMILES string of the molecule is COCc1ccc([C@H]2CCCN2C(=O)Cc2ccc(Cl)s2)o1. The van der Waals surface area contributed by atoms with Crippen LogP contribution in [0.5, 0.6) is 0 Å². The van der Waals surface area contributed by atoms with Crippen LogP contribution in [0.1, 0.15) is 35.3 Å². The summed E-state index contributed by atoms with van der Waals surface area (Å²) in [6.45, 7) is 1.23. The zero-order chi connectivity index (χ0) is 15.5. The largest absolute Gasteiger partial charge is 0.461 e. The number of thiophene rings is 1. The van der Waals surface area contributed by atoms with Gasteiger partial charge in [0.15, 0.2) is 0 Å². The third-order valence-corrected chi connectivity index (χ3v) is 5.06. The van der Waals surface area contributed by atoms with Gasteiger partial charge in [-0.1, -0.05) is 11.6 Å². The molecule has 2 aromatic rings. The van der Waals surface area contributed by atoms with Crippen molar-refractivity contribution < 1.29 is 13.9 Å². The average molecular weight is 340 g/mol. The summed E-state index contributed by atoms with van der Waals surface area (Å²) in [6, 6.07) is 7.65. The quantitative estimate of drug-likeness (QED) is 0.825. The van der Waals surface area contributed by atoms with Crippen molar-refractivity contribution in [2.75, 3.05) is 13.7 Å². The normalized spacial score (nSPS) is 18.1. The number of methoxy groups -OCH3 is 1. The zero-order valence-electron chi connectivity index (χ0n) is 12.4. The Kier molecular flexibility index (Phi) is 4.86. The molecule has 3 heterocycles. The molecule has 2 aromatic heterocycles. The van der Waals surface area contributed by atoms with Gasteiger partial charge in [-0.2, -0.15) is 0 Å². The van der Waals surface area contributed by atoms with Gasteiger partial charge in [-0.15, -0.1) is 11.3 Å². The lowest BCUT2D eigenvalue weighted by atomic mass is 10.1. The Hall–Kier alpha value is -1.30. The zero-order valence-corrected chi connectivity index (χ0v) is 14.0. The number of nitrogens with zero attached hydrogens (tertiary/aromatic N) is 1. The predicted molar refractivity (Wildman–Crippen MR) is 86.1 cm³/mol. The monoisotopic (exact) mass is 339 g/mol. The summed E-state index contributed by atoms with van der Waals surface area (Å²) in [4.78, 5) is 15.5. The molecule has 0 aromatic carbocycles. The van der Waals surface area contributed by atoms with Gasteiger partial charge in [0.2, 0.25) is 5.91 Å². The van der Waals surface area contributed by atoms with Crippen LogP contribution in [0, 0.1) is 0 Å². The van der Waals surface area contributed by atoms with E-state index in [1.54, 1.807) is 7.11 Å². The maximum atomic E-state index is 12.6. The molecule has 1 atom stereocenters. The molecule has 1 fully saturated rings. The van der Waals surface area contributed by atoms with Crippen LogP contribution in [0.2, 0.25) is 4.34 Å². The van der Waals surface area contributed by atoms with Crippen LogP contribution >= 0.6 is 22.9 Å². The fourth-order valence-electron chi connectivity index (χ4n) is 2.85. The van der Waals surface area contributed by atoms with E-state index in [-0.39, 0.29) is 11.9 Å². The molecule has 0 N–H and O–H groups in total. The van der Waals surface area contributed by atoms with E-state index >= 15 is 0 Å². The van der Waals surface area contributed by atoms with Crippen molar-refractivity contribution in [2.45, 2.75) is 31.9 Å². The number of rotatable bonds is 5. The van der Waals surface area contributed by atoms with Gasteiger partial charge < -0.3 is 14.1 Å². The molecule has 3 rings (SSSR count). The summed E-state index contributed by atoms with van der Waals surface area (Å²) in [5.74, 6) is 1.77. The Bertz CT molecular complexity index is 651. The molecule has 1 aliphatic heterocycles. The summed E-state index contributed by atoms with van der Waals surface area (Å²) < 4.78 is 11.6. The highest BCUT2D eigenvalue weighted by Crippen LogP contribution is 2.34. The van der Waals surface area contributed by atoms with Gasteiger partial charge >= 0.3 is 0 Å². The number of hydrogen-bond acceptors (Lipinski definition) is 4. The molecule has 0 unspecified atom stereocenters. The van der Waals surface area contributed by atoms with E-state index in [1.807, 2.05) is 29.2 Å². The van der Waals surface area contributed by atoms with E-state index in [2.05, 4.69) is 0 Å². The summed E-state index contributed by atoms with van der Waals surface area (Å²) in [6.07, 6.45) is 2.35. The van der Waals surface area contributed by atoms with Gasteiger partial charge in [0.25, 0.3) is 0 Å². The molecule has 0 aliphatic carbocycles. The number of furan rings is 1. The van der Waals surface area contributed by atoms with Crippen LogP contribution < -0.4 is 0 Å². The Morgan fingerprint density at radius 2 is 2.32 bits per heavy atom. The molecule has 0 saturated carbocycles.